The zero-order valence-corrected chi connectivity index (χ0v) is 11.9. The molecule has 1 saturated carbocycles. The SMILES string of the molecule is CC1CCC(O)(CNCC(F)(F)c2ccccc2)CC1. The molecule has 1 aromatic rings. The van der Waals surface area contributed by atoms with Gasteiger partial charge in [-0.3, -0.25) is 0 Å². The molecule has 1 fully saturated rings. The highest BCUT2D eigenvalue weighted by Crippen LogP contribution is 2.32. The molecule has 2 nitrogen and oxygen atoms in total. The number of alkyl halides is 2. The van der Waals surface area contributed by atoms with Gasteiger partial charge in [0, 0.05) is 12.1 Å². The van der Waals surface area contributed by atoms with E-state index in [0.717, 1.165) is 12.8 Å². The Labute approximate surface area is 119 Å². The molecule has 0 saturated heterocycles. The molecule has 1 aliphatic carbocycles. The van der Waals surface area contributed by atoms with Crippen LogP contribution >= 0.6 is 0 Å². The Morgan fingerprint density at radius 1 is 1.25 bits per heavy atom. The summed E-state index contributed by atoms with van der Waals surface area (Å²) in [4.78, 5) is 0. The van der Waals surface area contributed by atoms with Gasteiger partial charge in [0.2, 0.25) is 0 Å². The number of halogens is 2. The number of hydrogen-bond acceptors (Lipinski definition) is 2. The van der Waals surface area contributed by atoms with E-state index in [0.29, 0.717) is 18.8 Å². The van der Waals surface area contributed by atoms with Gasteiger partial charge in [0.25, 0.3) is 5.92 Å². The van der Waals surface area contributed by atoms with Gasteiger partial charge < -0.3 is 10.4 Å². The highest BCUT2D eigenvalue weighted by atomic mass is 19.3. The molecule has 1 aromatic carbocycles. The van der Waals surface area contributed by atoms with Crippen molar-refractivity contribution in [2.24, 2.45) is 5.92 Å². The number of hydrogen-bond donors (Lipinski definition) is 2. The summed E-state index contributed by atoms with van der Waals surface area (Å²) in [6.45, 7) is 1.97. The van der Waals surface area contributed by atoms with E-state index in [9.17, 15) is 13.9 Å². The third-order valence-corrected chi connectivity index (χ3v) is 4.20. The van der Waals surface area contributed by atoms with E-state index in [1.807, 2.05) is 0 Å². The van der Waals surface area contributed by atoms with Crippen LogP contribution in [0.5, 0.6) is 0 Å². The lowest BCUT2D eigenvalue weighted by molar-refractivity contribution is -0.0290. The van der Waals surface area contributed by atoms with Crippen molar-refractivity contribution in [3.05, 3.63) is 35.9 Å². The van der Waals surface area contributed by atoms with Gasteiger partial charge in [0.05, 0.1) is 12.1 Å². The fraction of sp³-hybridized carbons (Fsp3) is 0.625. The lowest BCUT2D eigenvalue weighted by atomic mass is 9.79. The van der Waals surface area contributed by atoms with Crippen molar-refractivity contribution >= 4 is 0 Å². The molecule has 0 radical (unpaired) electrons. The predicted octanol–water partition coefficient (Wildman–Crippen LogP) is 3.31. The smallest absolute Gasteiger partial charge is 0.285 e. The van der Waals surface area contributed by atoms with Crippen LogP contribution in [-0.2, 0) is 5.92 Å². The highest BCUT2D eigenvalue weighted by molar-refractivity contribution is 5.20. The molecule has 2 rings (SSSR count). The van der Waals surface area contributed by atoms with Gasteiger partial charge in [0.1, 0.15) is 0 Å². The monoisotopic (exact) mass is 283 g/mol. The van der Waals surface area contributed by atoms with Crippen molar-refractivity contribution in [2.45, 2.75) is 44.1 Å². The van der Waals surface area contributed by atoms with E-state index in [1.165, 1.54) is 12.1 Å². The van der Waals surface area contributed by atoms with E-state index in [4.69, 9.17) is 0 Å². The van der Waals surface area contributed by atoms with Gasteiger partial charge >= 0.3 is 0 Å². The fourth-order valence-electron chi connectivity index (χ4n) is 2.71. The molecule has 4 heteroatoms. The van der Waals surface area contributed by atoms with Gasteiger partial charge in [-0.25, -0.2) is 0 Å². The van der Waals surface area contributed by atoms with Gasteiger partial charge in [-0.15, -0.1) is 0 Å². The maximum atomic E-state index is 14.0. The Hall–Kier alpha value is -1.00. The van der Waals surface area contributed by atoms with E-state index in [1.54, 1.807) is 18.2 Å². The van der Waals surface area contributed by atoms with Crippen LogP contribution in [0.25, 0.3) is 0 Å². The Kier molecular flexibility index (Phi) is 4.76. The second-order valence-corrected chi connectivity index (χ2v) is 6.08. The third-order valence-electron chi connectivity index (χ3n) is 4.20. The van der Waals surface area contributed by atoms with Crippen LogP contribution in [0.3, 0.4) is 0 Å². The van der Waals surface area contributed by atoms with Gasteiger partial charge in [-0.05, 0) is 31.6 Å². The maximum Gasteiger partial charge on any atom is 0.285 e. The van der Waals surface area contributed by atoms with E-state index in [-0.39, 0.29) is 12.1 Å². The van der Waals surface area contributed by atoms with Crippen molar-refractivity contribution in [3.63, 3.8) is 0 Å². The first kappa shape index (κ1) is 15.4. The Bertz CT molecular complexity index is 414. The molecule has 0 heterocycles. The van der Waals surface area contributed by atoms with Crippen molar-refractivity contribution in [1.82, 2.24) is 5.32 Å². The molecule has 0 bridgehead atoms. The van der Waals surface area contributed by atoms with Crippen LogP contribution in [0.1, 0.15) is 38.2 Å². The second-order valence-electron chi connectivity index (χ2n) is 6.08. The van der Waals surface area contributed by atoms with Crippen LogP contribution in [0, 0.1) is 5.92 Å². The zero-order valence-electron chi connectivity index (χ0n) is 11.9. The average Bonchev–Trinajstić information content (AvgIpc) is 2.43. The second kappa shape index (κ2) is 6.19. The lowest BCUT2D eigenvalue weighted by Gasteiger charge is -2.35. The highest BCUT2D eigenvalue weighted by Gasteiger charge is 2.34. The third kappa shape index (κ3) is 4.00. The van der Waals surface area contributed by atoms with Crippen molar-refractivity contribution in [2.75, 3.05) is 13.1 Å². The first-order valence-corrected chi connectivity index (χ1v) is 7.28. The van der Waals surface area contributed by atoms with Crippen LogP contribution in [0.2, 0.25) is 0 Å². The minimum absolute atomic E-state index is 0.0109. The van der Waals surface area contributed by atoms with Gasteiger partial charge in [-0.2, -0.15) is 8.78 Å². The summed E-state index contributed by atoms with van der Waals surface area (Å²) in [5.41, 5.74) is -0.809. The van der Waals surface area contributed by atoms with E-state index < -0.39 is 18.1 Å². The van der Waals surface area contributed by atoms with Gasteiger partial charge in [-0.1, -0.05) is 37.3 Å². The van der Waals surface area contributed by atoms with Crippen molar-refractivity contribution in [3.8, 4) is 0 Å². The summed E-state index contributed by atoms with van der Waals surface area (Å²) < 4.78 is 27.9. The molecular formula is C16H23F2NO. The van der Waals surface area contributed by atoms with E-state index >= 15 is 0 Å². The first-order valence-electron chi connectivity index (χ1n) is 7.28. The number of rotatable bonds is 5. The van der Waals surface area contributed by atoms with Crippen LogP contribution in [0.15, 0.2) is 30.3 Å². The molecule has 20 heavy (non-hydrogen) atoms. The predicted molar refractivity (Wildman–Crippen MR) is 75.8 cm³/mol. The quantitative estimate of drug-likeness (QED) is 0.869. The molecule has 1 aliphatic rings. The normalized spacial score (nSPS) is 27.5. The number of nitrogens with one attached hydrogen (secondary N) is 1. The van der Waals surface area contributed by atoms with Crippen LogP contribution < -0.4 is 5.32 Å². The average molecular weight is 283 g/mol. The number of aliphatic hydroxyl groups is 1. The van der Waals surface area contributed by atoms with Gasteiger partial charge in [0.15, 0.2) is 0 Å². The summed E-state index contributed by atoms with van der Waals surface area (Å²) in [5.74, 6) is -2.28. The summed E-state index contributed by atoms with van der Waals surface area (Å²) >= 11 is 0. The van der Waals surface area contributed by atoms with Crippen LogP contribution in [0.4, 0.5) is 8.78 Å². The molecule has 0 amide bonds. The Morgan fingerprint density at radius 2 is 1.85 bits per heavy atom. The first-order chi connectivity index (χ1) is 9.41. The minimum Gasteiger partial charge on any atom is -0.389 e. The minimum atomic E-state index is -2.90. The summed E-state index contributed by atoms with van der Waals surface area (Å²) in [5, 5.41) is 13.1. The zero-order chi connectivity index (χ0) is 14.6. The number of benzene rings is 1. The molecule has 0 unspecified atom stereocenters. The summed E-state index contributed by atoms with van der Waals surface area (Å²) in [7, 11) is 0. The summed E-state index contributed by atoms with van der Waals surface area (Å²) in [6.07, 6.45) is 3.32. The topological polar surface area (TPSA) is 32.3 Å². The molecular weight excluding hydrogens is 260 g/mol. The summed E-state index contributed by atoms with van der Waals surface area (Å²) in [6, 6.07) is 7.80. The molecule has 0 aromatic heterocycles. The Morgan fingerprint density at radius 3 is 2.45 bits per heavy atom. The molecule has 0 aliphatic heterocycles. The fourth-order valence-corrected chi connectivity index (χ4v) is 2.71. The molecule has 112 valence electrons. The molecule has 0 atom stereocenters. The molecule has 2 N–H and O–H groups in total. The standard InChI is InChI=1S/C16H23F2NO/c1-13-7-9-15(20,10-8-13)11-19-12-16(17,18)14-5-3-2-4-6-14/h2-6,13,19-20H,7-12H2,1H3. The Balaban J connectivity index is 1.83. The largest absolute Gasteiger partial charge is 0.389 e. The lowest BCUT2D eigenvalue weighted by Crippen LogP contribution is -2.45. The van der Waals surface area contributed by atoms with E-state index in [2.05, 4.69) is 12.2 Å². The van der Waals surface area contributed by atoms with Crippen molar-refractivity contribution in [1.29, 1.82) is 0 Å². The molecule has 0 spiro atoms. The van der Waals surface area contributed by atoms with Crippen LogP contribution in [-0.4, -0.2) is 23.8 Å². The maximum absolute atomic E-state index is 14.0. The van der Waals surface area contributed by atoms with Crippen molar-refractivity contribution < 1.29 is 13.9 Å².